The Morgan fingerprint density at radius 3 is 1.23 bits per heavy atom. The fourth-order valence-electron chi connectivity index (χ4n) is 4.92. The van der Waals surface area contributed by atoms with Gasteiger partial charge in [-0.15, -0.1) is 0 Å². The van der Waals surface area contributed by atoms with Crippen LogP contribution < -0.4 is 14.7 Å². The molecule has 1 heterocycles. The van der Waals surface area contributed by atoms with E-state index in [1.807, 2.05) is 0 Å². The number of rotatable bonds is 8. The minimum absolute atomic E-state index is 0.252. The molecule has 0 N–H and O–H groups in total. The lowest BCUT2D eigenvalue weighted by Gasteiger charge is -2.44. The lowest BCUT2D eigenvalue weighted by molar-refractivity contribution is -0.00907. The highest BCUT2D eigenvalue weighted by atomic mass is 15.4. The van der Waals surface area contributed by atoms with Crippen LogP contribution >= 0.6 is 0 Å². The molecule has 3 aromatic rings. The maximum absolute atomic E-state index is 2.65. The highest BCUT2D eigenvalue weighted by molar-refractivity contribution is 5.48. The lowest BCUT2D eigenvalue weighted by Crippen LogP contribution is -2.46. The van der Waals surface area contributed by atoms with Crippen molar-refractivity contribution in [3.63, 3.8) is 0 Å². The van der Waals surface area contributed by atoms with Gasteiger partial charge in [0.15, 0.2) is 0 Å². The predicted molar refractivity (Wildman–Crippen MR) is 150 cm³/mol. The van der Waals surface area contributed by atoms with Crippen molar-refractivity contribution < 1.29 is 0 Å². The van der Waals surface area contributed by atoms with Crippen molar-refractivity contribution in [3.8, 4) is 0 Å². The van der Waals surface area contributed by atoms with Gasteiger partial charge in [0.1, 0.15) is 0 Å². The van der Waals surface area contributed by atoms with Crippen LogP contribution in [0.4, 0.5) is 17.1 Å². The number of hydrogen-bond donors (Lipinski definition) is 0. The second-order valence-electron chi connectivity index (χ2n) is 10.3. The monoisotopic (exact) mass is 471 g/mol. The first kappa shape index (κ1) is 25.1. The molecule has 0 amide bonds. The Balaban J connectivity index is 1.61. The zero-order valence-corrected chi connectivity index (χ0v) is 22.3. The van der Waals surface area contributed by atoms with Crippen LogP contribution in [0.25, 0.3) is 0 Å². The molecule has 5 heteroatoms. The summed E-state index contributed by atoms with van der Waals surface area (Å²) in [5, 5.41) is 0. The normalized spacial score (nSPS) is 15.3. The van der Waals surface area contributed by atoms with E-state index in [2.05, 4.69) is 140 Å². The Kier molecular flexibility index (Phi) is 7.99. The SMILES string of the molecule is CN(C)c1ccc(CN2CCCN(Cc3ccc(N(C)C)cc3)C2c2ccc(N(C)C)cc2)cc1. The Labute approximate surface area is 212 Å². The minimum atomic E-state index is 0.252. The van der Waals surface area contributed by atoms with E-state index in [0.717, 1.165) is 26.2 Å². The molecule has 4 rings (SSSR count). The Hall–Kier alpha value is -3.02. The quantitative estimate of drug-likeness (QED) is 0.442. The second kappa shape index (κ2) is 11.1. The van der Waals surface area contributed by atoms with E-state index < -0.39 is 0 Å². The van der Waals surface area contributed by atoms with E-state index in [1.54, 1.807) is 0 Å². The summed E-state index contributed by atoms with van der Waals surface area (Å²) < 4.78 is 0. The summed E-state index contributed by atoms with van der Waals surface area (Å²) >= 11 is 0. The molecule has 0 aliphatic carbocycles. The fraction of sp³-hybridized carbons (Fsp3) is 0.400. The molecule has 0 spiro atoms. The molecular weight excluding hydrogens is 430 g/mol. The molecule has 1 fully saturated rings. The predicted octanol–water partition coefficient (Wildman–Crippen LogP) is 5.29. The van der Waals surface area contributed by atoms with Crippen LogP contribution in [0.15, 0.2) is 72.8 Å². The van der Waals surface area contributed by atoms with Gasteiger partial charge in [0.05, 0.1) is 6.17 Å². The fourth-order valence-corrected chi connectivity index (χ4v) is 4.92. The van der Waals surface area contributed by atoms with Gasteiger partial charge >= 0.3 is 0 Å². The number of anilines is 3. The summed E-state index contributed by atoms with van der Waals surface area (Å²) in [4.78, 5) is 11.8. The lowest BCUT2D eigenvalue weighted by atomic mass is 10.0. The molecule has 1 saturated heterocycles. The molecule has 35 heavy (non-hydrogen) atoms. The summed E-state index contributed by atoms with van der Waals surface area (Å²) in [6, 6.07) is 27.1. The summed E-state index contributed by atoms with van der Waals surface area (Å²) in [6.45, 7) is 4.10. The number of nitrogens with zero attached hydrogens (tertiary/aromatic N) is 5. The van der Waals surface area contributed by atoms with Crippen LogP contribution in [-0.2, 0) is 13.1 Å². The minimum Gasteiger partial charge on any atom is -0.378 e. The van der Waals surface area contributed by atoms with E-state index in [1.165, 1.54) is 40.2 Å². The van der Waals surface area contributed by atoms with E-state index in [0.29, 0.717) is 0 Å². The van der Waals surface area contributed by atoms with E-state index >= 15 is 0 Å². The third-order valence-electron chi connectivity index (χ3n) is 6.97. The summed E-state index contributed by atoms with van der Waals surface area (Å²) in [7, 11) is 12.6. The van der Waals surface area contributed by atoms with Crippen molar-refractivity contribution in [1.29, 1.82) is 0 Å². The number of hydrogen-bond acceptors (Lipinski definition) is 5. The maximum atomic E-state index is 2.65. The van der Waals surface area contributed by atoms with E-state index in [4.69, 9.17) is 0 Å². The first-order valence-corrected chi connectivity index (χ1v) is 12.6. The molecule has 5 nitrogen and oxygen atoms in total. The van der Waals surface area contributed by atoms with Gasteiger partial charge in [0.2, 0.25) is 0 Å². The van der Waals surface area contributed by atoms with Gasteiger partial charge in [-0.1, -0.05) is 36.4 Å². The van der Waals surface area contributed by atoms with Gasteiger partial charge in [-0.2, -0.15) is 0 Å². The molecule has 0 unspecified atom stereocenters. The van der Waals surface area contributed by atoms with Crippen molar-refractivity contribution in [1.82, 2.24) is 9.80 Å². The zero-order chi connectivity index (χ0) is 24.9. The maximum Gasteiger partial charge on any atom is 0.0892 e. The van der Waals surface area contributed by atoms with Crippen LogP contribution in [0.3, 0.4) is 0 Å². The molecule has 0 bridgehead atoms. The third kappa shape index (κ3) is 6.16. The Morgan fingerprint density at radius 1 is 0.543 bits per heavy atom. The van der Waals surface area contributed by atoms with Crippen LogP contribution in [0.1, 0.15) is 29.3 Å². The van der Waals surface area contributed by atoms with E-state index in [-0.39, 0.29) is 6.17 Å². The molecule has 3 aromatic carbocycles. The summed E-state index contributed by atoms with van der Waals surface area (Å²) in [6.07, 6.45) is 1.43. The molecule has 0 saturated carbocycles. The van der Waals surface area contributed by atoms with Crippen molar-refractivity contribution in [2.45, 2.75) is 25.7 Å². The Morgan fingerprint density at radius 2 is 0.886 bits per heavy atom. The largest absolute Gasteiger partial charge is 0.378 e. The third-order valence-corrected chi connectivity index (χ3v) is 6.97. The van der Waals surface area contributed by atoms with Gasteiger partial charge in [-0.05, 0) is 59.5 Å². The average molecular weight is 472 g/mol. The van der Waals surface area contributed by atoms with Crippen LogP contribution in [0.5, 0.6) is 0 Å². The van der Waals surface area contributed by atoms with E-state index in [9.17, 15) is 0 Å². The first-order chi connectivity index (χ1) is 16.8. The number of benzene rings is 3. The molecule has 1 aliphatic heterocycles. The molecular formula is C30H41N5. The highest BCUT2D eigenvalue weighted by Gasteiger charge is 2.30. The summed E-state index contributed by atoms with van der Waals surface area (Å²) in [5.41, 5.74) is 7.81. The Bertz CT molecular complexity index is 994. The van der Waals surface area contributed by atoms with Gasteiger partial charge in [0.25, 0.3) is 0 Å². The molecule has 0 aromatic heterocycles. The first-order valence-electron chi connectivity index (χ1n) is 12.6. The summed E-state index contributed by atoms with van der Waals surface area (Å²) in [5.74, 6) is 0. The zero-order valence-electron chi connectivity index (χ0n) is 22.3. The van der Waals surface area contributed by atoms with Crippen molar-refractivity contribution in [3.05, 3.63) is 89.5 Å². The average Bonchev–Trinajstić information content (AvgIpc) is 2.85. The van der Waals surface area contributed by atoms with Crippen molar-refractivity contribution in [2.75, 3.05) is 70.1 Å². The van der Waals surface area contributed by atoms with Crippen molar-refractivity contribution >= 4 is 17.1 Å². The second-order valence-corrected chi connectivity index (χ2v) is 10.3. The van der Waals surface area contributed by atoms with Gasteiger partial charge < -0.3 is 14.7 Å². The highest BCUT2D eigenvalue weighted by Crippen LogP contribution is 2.33. The van der Waals surface area contributed by atoms with Gasteiger partial charge in [-0.25, -0.2) is 0 Å². The van der Waals surface area contributed by atoms with Gasteiger partial charge in [-0.3, -0.25) is 9.80 Å². The van der Waals surface area contributed by atoms with Crippen LogP contribution in [0.2, 0.25) is 0 Å². The van der Waals surface area contributed by atoms with Gasteiger partial charge in [0, 0.05) is 85.5 Å². The van der Waals surface area contributed by atoms with Crippen LogP contribution in [-0.4, -0.2) is 65.2 Å². The smallest absolute Gasteiger partial charge is 0.0892 e. The molecule has 1 aliphatic rings. The topological polar surface area (TPSA) is 16.2 Å². The molecule has 0 radical (unpaired) electrons. The standard InChI is InChI=1S/C30H41N5/c1-31(2)27-14-8-24(9-15-27)22-34-20-7-21-35(23-25-10-16-28(17-11-25)32(3)4)30(34)26-12-18-29(19-13-26)33(5)6/h8-19,30H,7,20-23H2,1-6H3. The molecule has 0 atom stereocenters. The van der Waals surface area contributed by atoms with Crippen LogP contribution in [0, 0.1) is 0 Å². The van der Waals surface area contributed by atoms with Crippen molar-refractivity contribution in [2.24, 2.45) is 0 Å². The molecule has 186 valence electrons.